The van der Waals surface area contributed by atoms with E-state index in [1.807, 2.05) is 36.5 Å². The second kappa shape index (κ2) is 6.85. The Hall–Kier alpha value is -3.39. The van der Waals surface area contributed by atoms with Gasteiger partial charge in [0.05, 0.1) is 6.54 Å². The molecular formula is C21H20N5+. The maximum Gasteiger partial charge on any atom is 0.250 e. The lowest BCUT2D eigenvalue weighted by atomic mass is 10.1. The van der Waals surface area contributed by atoms with Crippen LogP contribution >= 0.6 is 0 Å². The molecule has 5 heteroatoms. The smallest absolute Gasteiger partial charge is 0.250 e. The van der Waals surface area contributed by atoms with Crippen LogP contribution in [-0.2, 0) is 13.0 Å². The Morgan fingerprint density at radius 2 is 2.12 bits per heavy atom. The zero-order valence-corrected chi connectivity index (χ0v) is 14.7. The van der Waals surface area contributed by atoms with Gasteiger partial charge in [-0.3, -0.25) is 9.97 Å². The SMILES string of the molecule is CCCc1cc(NCc2cccnc2)[n+]2c([nH]c3ccccc32)c1C#N. The van der Waals surface area contributed by atoms with Crippen molar-refractivity contribution in [2.75, 3.05) is 5.32 Å². The van der Waals surface area contributed by atoms with Gasteiger partial charge < -0.3 is 5.32 Å². The summed E-state index contributed by atoms with van der Waals surface area (Å²) in [5, 5.41) is 13.3. The number of para-hydroxylation sites is 2. The van der Waals surface area contributed by atoms with Crippen molar-refractivity contribution in [3.63, 3.8) is 0 Å². The molecule has 128 valence electrons. The predicted octanol–water partition coefficient (Wildman–Crippen LogP) is 3.74. The third kappa shape index (κ3) is 2.76. The average Bonchev–Trinajstić information content (AvgIpc) is 3.07. The largest absolute Gasteiger partial charge is 0.301 e. The highest BCUT2D eigenvalue weighted by atomic mass is 15.1. The molecule has 0 saturated heterocycles. The van der Waals surface area contributed by atoms with E-state index in [1.54, 1.807) is 6.20 Å². The van der Waals surface area contributed by atoms with E-state index < -0.39 is 0 Å². The molecule has 0 fully saturated rings. The first-order valence-corrected chi connectivity index (χ1v) is 8.83. The van der Waals surface area contributed by atoms with Crippen LogP contribution in [0.2, 0.25) is 0 Å². The van der Waals surface area contributed by atoms with Gasteiger partial charge in [-0.1, -0.05) is 31.5 Å². The Morgan fingerprint density at radius 1 is 1.23 bits per heavy atom. The third-order valence-electron chi connectivity index (χ3n) is 4.56. The number of anilines is 1. The average molecular weight is 342 g/mol. The monoisotopic (exact) mass is 342 g/mol. The first kappa shape index (κ1) is 16.1. The van der Waals surface area contributed by atoms with Gasteiger partial charge in [-0.25, -0.2) is 0 Å². The number of aromatic amines is 1. The number of nitriles is 1. The molecule has 3 aromatic heterocycles. The van der Waals surface area contributed by atoms with Crippen molar-refractivity contribution in [1.29, 1.82) is 5.26 Å². The molecule has 0 amide bonds. The number of nitrogens with zero attached hydrogens (tertiary/aromatic N) is 3. The van der Waals surface area contributed by atoms with Crippen molar-refractivity contribution in [3.05, 3.63) is 71.5 Å². The van der Waals surface area contributed by atoms with Crippen molar-refractivity contribution in [2.45, 2.75) is 26.3 Å². The lowest BCUT2D eigenvalue weighted by molar-refractivity contribution is -0.465. The molecule has 0 radical (unpaired) electrons. The number of aryl methyl sites for hydroxylation is 1. The summed E-state index contributed by atoms with van der Waals surface area (Å²) >= 11 is 0. The van der Waals surface area contributed by atoms with E-state index in [0.717, 1.165) is 52.0 Å². The van der Waals surface area contributed by atoms with E-state index in [0.29, 0.717) is 6.54 Å². The molecule has 0 spiro atoms. The van der Waals surface area contributed by atoms with Crippen molar-refractivity contribution in [3.8, 4) is 6.07 Å². The first-order valence-electron chi connectivity index (χ1n) is 8.83. The lowest BCUT2D eigenvalue weighted by Crippen LogP contribution is -2.27. The number of rotatable bonds is 5. The van der Waals surface area contributed by atoms with E-state index in [4.69, 9.17) is 0 Å². The van der Waals surface area contributed by atoms with Crippen LogP contribution < -0.4 is 9.72 Å². The lowest BCUT2D eigenvalue weighted by Gasteiger charge is -2.08. The molecule has 4 aromatic rings. The summed E-state index contributed by atoms with van der Waals surface area (Å²) in [7, 11) is 0. The summed E-state index contributed by atoms with van der Waals surface area (Å²) in [5.74, 6) is 0.976. The second-order valence-corrected chi connectivity index (χ2v) is 6.33. The van der Waals surface area contributed by atoms with Gasteiger partial charge in [-0.2, -0.15) is 9.66 Å². The molecular weight excluding hydrogens is 322 g/mol. The molecule has 4 rings (SSSR count). The van der Waals surface area contributed by atoms with Crippen LogP contribution in [0.1, 0.15) is 30.0 Å². The predicted molar refractivity (Wildman–Crippen MR) is 102 cm³/mol. The topological polar surface area (TPSA) is 68.6 Å². The molecule has 3 heterocycles. The molecule has 5 nitrogen and oxygen atoms in total. The van der Waals surface area contributed by atoms with Gasteiger partial charge in [0.2, 0.25) is 11.5 Å². The highest BCUT2D eigenvalue weighted by Crippen LogP contribution is 2.22. The minimum Gasteiger partial charge on any atom is -0.301 e. The normalized spacial score (nSPS) is 10.9. The summed E-state index contributed by atoms with van der Waals surface area (Å²) in [4.78, 5) is 7.60. The number of H-pyrrole nitrogens is 1. The minimum absolute atomic E-state index is 0.674. The molecule has 0 saturated carbocycles. The standard InChI is InChI=1S/C21H19N5/c1-2-6-16-11-20(24-14-15-7-5-10-23-13-15)26-19-9-4-3-8-18(19)25-21(26)17(16)12-22/h3-5,7-11,13H,2,6,14H2,1H3,(H,24,25)/p+1. The minimum atomic E-state index is 0.674. The van der Waals surface area contributed by atoms with Crippen LogP contribution in [0.25, 0.3) is 16.7 Å². The van der Waals surface area contributed by atoms with Gasteiger partial charge in [0.15, 0.2) is 0 Å². The van der Waals surface area contributed by atoms with Gasteiger partial charge in [0, 0.05) is 24.0 Å². The van der Waals surface area contributed by atoms with E-state index in [1.165, 1.54) is 0 Å². The number of hydrogen-bond acceptors (Lipinski definition) is 3. The maximum absolute atomic E-state index is 9.76. The Kier molecular flexibility index (Phi) is 4.24. The molecule has 0 unspecified atom stereocenters. The van der Waals surface area contributed by atoms with Gasteiger partial charge >= 0.3 is 0 Å². The van der Waals surface area contributed by atoms with Gasteiger partial charge in [-0.05, 0) is 30.2 Å². The van der Waals surface area contributed by atoms with Crippen molar-refractivity contribution < 1.29 is 4.40 Å². The summed E-state index contributed by atoms with van der Waals surface area (Å²) < 4.78 is 2.10. The summed E-state index contributed by atoms with van der Waals surface area (Å²) in [6.07, 6.45) is 5.50. The zero-order chi connectivity index (χ0) is 17.9. The highest BCUT2D eigenvalue weighted by molar-refractivity contribution is 5.77. The summed E-state index contributed by atoms with van der Waals surface area (Å²) in [5.41, 5.74) is 5.80. The Bertz CT molecular complexity index is 1110. The van der Waals surface area contributed by atoms with Crippen LogP contribution in [0.15, 0.2) is 54.9 Å². The third-order valence-corrected chi connectivity index (χ3v) is 4.56. The van der Waals surface area contributed by atoms with E-state index in [-0.39, 0.29) is 0 Å². The number of hydrogen-bond donors (Lipinski definition) is 2. The molecule has 0 aliphatic carbocycles. The van der Waals surface area contributed by atoms with E-state index >= 15 is 0 Å². The molecule has 0 bridgehead atoms. The van der Waals surface area contributed by atoms with Gasteiger partial charge in [-0.15, -0.1) is 0 Å². The molecule has 0 aliphatic heterocycles. The van der Waals surface area contributed by atoms with Crippen LogP contribution in [-0.4, -0.2) is 9.97 Å². The van der Waals surface area contributed by atoms with Crippen LogP contribution in [0.3, 0.4) is 0 Å². The summed E-state index contributed by atoms with van der Waals surface area (Å²) in [6.45, 7) is 2.80. The van der Waals surface area contributed by atoms with Crippen LogP contribution in [0.4, 0.5) is 5.82 Å². The number of benzene rings is 1. The fraction of sp³-hybridized carbons (Fsp3) is 0.190. The van der Waals surface area contributed by atoms with E-state index in [2.05, 4.69) is 44.8 Å². The maximum atomic E-state index is 9.76. The number of aromatic nitrogens is 3. The quantitative estimate of drug-likeness (QED) is 0.543. The number of pyridine rings is 2. The molecule has 0 atom stereocenters. The fourth-order valence-corrected chi connectivity index (χ4v) is 3.37. The highest BCUT2D eigenvalue weighted by Gasteiger charge is 2.21. The number of fused-ring (bicyclic) bond motifs is 3. The molecule has 0 aliphatic rings. The zero-order valence-electron chi connectivity index (χ0n) is 14.7. The molecule has 2 N–H and O–H groups in total. The Labute approximate surface area is 151 Å². The Morgan fingerprint density at radius 3 is 2.88 bits per heavy atom. The number of imidazole rings is 1. The van der Waals surface area contributed by atoms with Gasteiger partial charge in [0.25, 0.3) is 0 Å². The molecule has 1 aromatic carbocycles. The summed E-state index contributed by atoms with van der Waals surface area (Å²) in [6, 6.07) is 16.6. The number of nitrogens with one attached hydrogen (secondary N) is 2. The van der Waals surface area contributed by atoms with Crippen LogP contribution in [0.5, 0.6) is 0 Å². The van der Waals surface area contributed by atoms with Crippen molar-refractivity contribution >= 4 is 22.5 Å². The van der Waals surface area contributed by atoms with Crippen molar-refractivity contribution in [1.82, 2.24) is 9.97 Å². The Balaban J connectivity index is 1.90. The second-order valence-electron chi connectivity index (χ2n) is 6.33. The van der Waals surface area contributed by atoms with Crippen LogP contribution in [0, 0.1) is 11.3 Å². The van der Waals surface area contributed by atoms with E-state index in [9.17, 15) is 5.26 Å². The fourth-order valence-electron chi connectivity index (χ4n) is 3.37. The molecule has 26 heavy (non-hydrogen) atoms. The first-order chi connectivity index (χ1) is 12.8. The van der Waals surface area contributed by atoms with Gasteiger partial charge in [0.1, 0.15) is 22.7 Å². The van der Waals surface area contributed by atoms with Crippen molar-refractivity contribution in [2.24, 2.45) is 0 Å².